The molecule has 1 aromatic rings. The first kappa shape index (κ1) is 17.3. The molecule has 11 heteroatoms. The number of rotatable bonds is 2. The van der Waals surface area contributed by atoms with E-state index in [0.717, 1.165) is 0 Å². The summed E-state index contributed by atoms with van der Waals surface area (Å²) in [6.07, 6.45) is 0. The van der Waals surface area contributed by atoms with Crippen LogP contribution >= 0.6 is 0 Å². The van der Waals surface area contributed by atoms with Gasteiger partial charge < -0.3 is 15.4 Å². The standard InChI is InChI=1S/C6H7NO7S2.K/c7-4-1-3(15(9,10)11)2-5(6(4)8)16(12,13)14;/h1-2,8H,7H2,(H,9,10,11)(H,12,13,14);/q;+1/p-1. The van der Waals surface area contributed by atoms with E-state index in [9.17, 15) is 21.4 Å². The van der Waals surface area contributed by atoms with Crippen molar-refractivity contribution in [1.29, 1.82) is 0 Å². The smallest absolute Gasteiger partial charge is 0.744 e. The SMILES string of the molecule is Nc1cc(S(=O)(=O)O)cc(S(=O)(=O)[O-])c1O.[K+]. The fraction of sp³-hybridized carbons (Fsp3) is 0. The molecular weight excluding hydrogens is 301 g/mol. The molecule has 0 aliphatic carbocycles. The van der Waals surface area contributed by atoms with Crippen LogP contribution in [0.15, 0.2) is 21.9 Å². The Morgan fingerprint density at radius 1 is 1.18 bits per heavy atom. The number of benzene rings is 1. The summed E-state index contributed by atoms with van der Waals surface area (Å²) in [7, 11) is -9.81. The van der Waals surface area contributed by atoms with Gasteiger partial charge in [-0.15, -0.1) is 0 Å². The fourth-order valence-corrected chi connectivity index (χ4v) is 2.19. The molecule has 0 aliphatic heterocycles. The number of hydrogen-bond donors (Lipinski definition) is 3. The second kappa shape index (κ2) is 5.50. The number of nitrogens with two attached hydrogens (primary N) is 1. The minimum Gasteiger partial charge on any atom is -0.744 e. The van der Waals surface area contributed by atoms with E-state index in [-0.39, 0.29) is 51.4 Å². The Kier molecular flexibility index (Phi) is 5.59. The van der Waals surface area contributed by atoms with Gasteiger partial charge in [0.25, 0.3) is 10.1 Å². The van der Waals surface area contributed by atoms with E-state index in [0.29, 0.717) is 12.1 Å². The van der Waals surface area contributed by atoms with Crippen LogP contribution in [0.3, 0.4) is 0 Å². The molecule has 0 unspecified atom stereocenters. The van der Waals surface area contributed by atoms with E-state index in [4.69, 9.17) is 15.4 Å². The van der Waals surface area contributed by atoms with Crippen molar-refractivity contribution < 1.29 is 82.4 Å². The maximum Gasteiger partial charge on any atom is 1.00 e. The summed E-state index contributed by atoms with van der Waals surface area (Å²) in [5.41, 5.74) is 4.44. The molecule has 8 nitrogen and oxygen atoms in total. The molecule has 0 heterocycles. The third-order valence-electron chi connectivity index (χ3n) is 1.65. The molecule has 0 radical (unpaired) electrons. The fourth-order valence-electron chi connectivity index (χ4n) is 0.943. The number of hydrogen-bond acceptors (Lipinski definition) is 7. The zero-order chi connectivity index (χ0) is 12.7. The van der Waals surface area contributed by atoms with Gasteiger partial charge in [0.1, 0.15) is 10.1 Å². The molecule has 1 aromatic carbocycles. The number of anilines is 1. The van der Waals surface area contributed by atoms with Crippen LogP contribution in [0.5, 0.6) is 5.75 Å². The largest absolute Gasteiger partial charge is 1.00 e. The number of nitrogen functional groups attached to an aromatic ring is 1. The Morgan fingerprint density at radius 3 is 2.00 bits per heavy atom. The predicted molar refractivity (Wildman–Crippen MR) is 50.3 cm³/mol. The normalized spacial score (nSPS) is 11.9. The third-order valence-corrected chi connectivity index (χ3v) is 3.33. The minimum absolute atomic E-state index is 0. The Hall–Kier alpha value is 0.276. The molecule has 0 bridgehead atoms. The van der Waals surface area contributed by atoms with Crippen molar-refractivity contribution in [2.45, 2.75) is 9.79 Å². The van der Waals surface area contributed by atoms with Crippen LogP contribution in [0.1, 0.15) is 0 Å². The maximum absolute atomic E-state index is 10.7. The van der Waals surface area contributed by atoms with Gasteiger partial charge in [0.15, 0.2) is 5.75 Å². The Balaban J connectivity index is 0.00000256. The zero-order valence-electron chi connectivity index (χ0n) is 8.48. The predicted octanol–water partition coefficient (Wildman–Crippen LogP) is -3.87. The molecule has 0 aliphatic rings. The summed E-state index contributed by atoms with van der Waals surface area (Å²) in [4.78, 5) is -2.10. The van der Waals surface area contributed by atoms with Crippen LogP contribution in [0.4, 0.5) is 5.69 Å². The summed E-state index contributed by atoms with van der Waals surface area (Å²) in [5.74, 6) is -1.05. The first-order valence-electron chi connectivity index (χ1n) is 3.59. The van der Waals surface area contributed by atoms with Crippen LogP contribution in [0.2, 0.25) is 0 Å². The number of phenolic OH excluding ortho intramolecular Hbond substituents is 1. The molecule has 0 saturated heterocycles. The molecule has 0 saturated carbocycles. The van der Waals surface area contributed by atoms with Crippen molar-refractivity contribution in [1.82, 2.24) is 0 Å². The van der Waals surface area contributed by atoms with Gasteiger partial charge in [0.2, 0.25) is 0 Å². The number of aromatic hydroxyl groups is 1. The monoisotopic (exact) mass is 307 g/mol. The molecule has 1 rings (SSSR count). The average molecular weight is 307 g/mol. The molecule has 0 spiro atoms. The van der Waals surface area contributed by atoms with Gasteiger partial charge in [-0.2, -0.15) is 8.42 Å². The van der Waals surface area contributed by atoms with E-state index in [2.05, 4.69) is 0 Å². The third kappa shape index (κ3) is 4.15. The van der Waals surface area contributed by atoms with E-state index in [1.54, 1.807) is 0 Å². The summed E-state index contributed by atoms with van der Waals surface area (Å²) in [6, 6.07) is 0.947. The van der Waals surface area contributed by atoms with Gasteiger partial charge in [-0.05, 0) is 12.1 Å². The van der Waals surface area contributed by atoms with Crippen molar-refractivity contribution >= 4 is 25.9 Å². The Bertz CT molecular complexity index is 637. The topological polar surface area (TPSA) is 158 Å². The summed E-state index contributed by atoms with van der Waals surface area (Å²) >= 11 is 0. The summed E-state index contributed by atoms with van der Waals surface area (Å²) in [5, 5.41) is 9.14. The Labute approximate surface area is 140 Å². The van der Waals surface area contributed by atoms with Gasteiger partial charge in [0, 0.05) is 0 Å². The molecule has 0 aromatic heterocycles. The maximum atomic E-state index is 10.7. The van der Waals surface area contributed by atoms with E-state index < -0.39 is 41.5 Å². The van der Waals surface area contributed by atoms with Gasteiger partial charge in [0.05, 0.1) is 15.5 Å². The van der Waals surface area contributed by atoms with Crippen LogP contribution in [-0.4, -0.2) is 31.0 Å². The van der Waals surface area contributed by atoms with Crippen molar-refractivity contribution in [3.05, 3.63) is 12.1 Å². The molecule has 17 heavy (non-hydrogen) atoms. The van der Waals surface area contributed by atoms with Crippen molar-refractivity contribution in [2.24, 2.45) is 0 Å². The first-order valence-corrected chi connectivity index (χ1v) is 6.44. The van der Waals surface area contributed by atoms with Crippen LogP contribution < -0.4 is 57.1 Å². The first-order chi connectivity index (χ1) is 7.03. The minimum atomic E-state index is -5.09. The molecule has 90 valence electrons. The van der Waals surface area contributed by atoms with E-state index in [1.807, 2.05) is 0 Å². The molecule has 0 amide bonds. The Morgan fingerprint density at radius 2 is 1.65 bits per heavy atom. The van der Waals surface area contributed by atoms with Crippen LogP contribution in [0, 0.1) is 0 Å². The molecule has 0 atom stereocenters. The van der Waals surface area contributed by atoms with Crippen molar-refractivity contribution in [3.8, 4) is 5.75 Å². The van der Waals surface area contributed by atoms with Gasteiger partial charge in [-0.25, -0.2) is 8.42 Å². The summed E-state index contributed by atoms with van der Waals surface area (Å²) < 4.78 is 61.9. The van der Waals surface area contributed by atoms with Crippen molar-refractivity contribution in [2.75, 3.05) is 5.73 Å². The summed E-state index contributed by atoms with van der Waals surface area (Å²) in [6.45, 7) is 0. The van der Waals surface area contributed by atoms with E-state index in [1.165, 1.54) is 0 Å². The molecule has 0 fully saturated rings. The van der Waals surface area contributed by atoms with Crippen molar-refractivity contribution in [3.63, 3.8) is 0 Å². The molecule has 4 N–H and O–H groups in total. The molecular formula is C6H6KNO7S2. The zero-order valence-corrected chi connectivity index (χ0v) is 13.2. The van der Waals surface area contributed by atoms with Crippen LogP contribution in [0.25, 0.3) is 0 Å². The second-order valence-corrected chi connectivity index (χ2v) is 5.56. The van der Waals surface area contributed by atoms with Crippen LogP contribution in [-0.2, 0) is 20.2 Å². The second-order valence-electron chi connectivity index (χ2n) is 2.79. The average Bonchev–Trinajstić information content (AvgIpc) is 2.05. The number of phenols is 1. The quantitative estimate of drug-likeness (QED) is 0.217. The van der Waals surface area contributed by atoms with E-state index >= 15 is 0 Å². The van der Waals surface area contributed by atoms with Gasteiger partial charge >= 0.3 is 51.4 Å². The van der Waals surface area contributed by atoms with Gasteiger partial charge in [-0.3, -0.25) is 4.55 Å². The van der Waals surface area contributed by atoms with Gasteiger partial charge in [-0.1, -0.05) is 0 Å².